The number of amides is 1. The number of sulfonamides is 1. The van der Waals surface area contributed by atoms with Gasteiger partial charge in [-0.15, -0.1) is 11.8 Å². The van der Waals surface area contributed by atoms with Crippen LogP contribution in [0.3, 0.4) is 0 Å². The van der Waals surface area contributed by atoms with E-state index in [0.29, 0.717) is 24.3 Å². The van der Waals surface area contributed by atoms with Crippen LogP contribution in [0.25, 0.3) is 0 Å². The topological polar surface area (TPSA) is 66.5 Å². The Morgan fingerprint density at radius 1 is 0.933 bits per heavy atom. The molecule has 0 saturated carbocycles. The lowest BCUT2D eigenvalue weighted by Gasteiger charge is -2.29. The number of hydrogen-bond acceptors (Lipinski definition) is 4. The van der Waals surface area contributed by atoms with Gasteiger partial charge in [-0.2, -0.15) is 0 Å². The summed E-state index contributed by atoms with van der Waals surface area (Å²) in [4.78, 5) is 15.9. The number of benzene rings is 3. The van der Waals surface area contributed by atoms with Gasteiger partial charge in [-0.25, -0.2) is 8.42 Å². The summed E-state index contributed by atoms with van der Waals surface area (Å²) >= 11 is 1.55. The predicted octanol–water partition coefficient (Wildman–Crippen LogP) is 4.41. The highest BCUT2D eigenvalue weighted by Crippen LogP contribution is 2.23. The van der Waals surface area contributed by atoms with E-state index in [1.807, 2.05) is 23.3 Å². The van der Waals surface area contributed by atoms with Gasteiger partial charge in [-0.1, -0.05) is 24.3 Å². The first-order valence-electron chi connectivity index (χ1n) is 9.59. The Kier molecular flexibility index (Phi) is 5.83. The minimum Gasteiger partial charge on any atom is -0.334 e. The Labute approximate surface area is 181 Å². The molecule has 1 heterocycles. The van der Waals surface area contributed by atoms with Gasteiger partial charge >= 0.3 is 0 Å². The summed E-state index contributed by atoms with van der Waals surface area (Å²) in [6, 6.07) is 21.5. The third kappa shape index (κ3) is 4.37. The second kappa shape index (κ2) is 8.53. The van der Waals surface area contributed by atoms with Crippen LogP contribution in [0.5, 0.6) is 0 Å². The Balaban J connectivity index is 1.45. The van der Waals surface area contributed by atoms with Crippen molar-refractivity contribution in [3.8, 4) is 0 Å². The Bertz CT molecular complexity index is 1160. The van der Waals surface area contributed by atoms with Crippen LogP contribution < -0.4 is 4.72 Å². The summed E-state index contributed by atoms with van der Waals surface area (Å²) in [5, 5.41) is 0. The van der Waals surface area contributed by atoms with Gasteiger partial charge in [-0.05, 0) is 72.3 Å². The standard InChI is InChI=1S/C23H22N2O3S2/c1-29-21-10-12-22(13-11-21)30(27,28)24-20-8-6-18(7-9-20)23(26)25-15-14-17-4-2-3-5-19(17)16-25/h2-13,24H,14-16H2,1H3. The molecule has 0 fully saturated rings. The van der Waals surface area contributed by atoms with Crippen molar-refractivity contribution >= 4 is 33.4 Å². The van der Waals surface area contributed by atoms with Crippen molar-refractivity contribution in [3.63, 3.8) is 0 Å². The number of fused-ring (bicyclic) bond motifs is 1. The smallest absolute Gasteiger partial charge is 0.261 e. The van der Waals surface area contributed by atoms with Crippen LogP contribution in [0.15, 0.2) is 82.6 Å². The molecule has 0 aromatic heterocycles. The average Bonchev–Trinajstić information content (AvgIpc) is 2.78. The number of nitrogens with one attached hydrogen (secondary N) is 1. The first-order valence-corrected chi connectivity index (χ1v) is 12.3. The van der Waals surface area contributed by atoms with E-state index < -0.39 is 10.0 Å². The van der Waals surface area contributed by atoms with Crippen molar-refractivity contribution in [1.82, 2.24) is 4.90 Å². The molecule has 1 N–H and O–H groups in total. The van der Waals surface area contributed by atoms with E-state index in [0.717, 1.165) is 11.3 Å². The summed E-state index contributed by atoms with van der Waals surface area (Å²) in [5.41, 5.74) is 3.43. The van der Waals surface area contributed by atoms with Crippen molar-refractivity contribution in [2.75, 3.05) is 17.5 Å². The molecule has 0 unspecified atom stereocenters. The molecular weight excluding hydrogens is 416 g/mol. The minimum atomic E-state index is -3.68. The van der Waals surface area contributed by atoms with Crippen molar-refractivity contribution < 1.29 is 13.2 Å². The molecule has 30 heavy (non-hydrogen) atoms. The summed E-state index contributed by atoms with van der Waals surface area (Å²) in [6.45, 7) is 1.27. The van der Waals surface area contributed by atoms with Crippen LogP contribution in [-0.2, 0) is 23.0 Å². The lowest BCUT2D eigenvalue weighted by atomic mass is 9.99. The summed E-state index contributed by atoms with van der Waals surface area (Å²) in [7, 11) is -3.68. The Morgan fingerprint density at radius 2 is 1.60 bits per heavy atom. The second-order valence-corrected chi connectivity index (χ2v) is 9.67. The van der Waals surface area contributed by atoms with Crippen LogP contribution in [0.1, 0.15) is 21.5 Å². The molecule has 1 aliphatic heterocycles. The van der Waals surface area contributed by atoms with E-state index in [1.165, 1.54) is 11.1 Å². The largest absolute Gasteiger partial charge is 0.334 e. The molecule has 1 amide bonds. The zero-order chi connectivity index (χ0) is 21.1. The maximum absolute atomic E-state index is 12.9. The van der Waals surface area contributed by atoms with E-state index in [2.05, 4.69) is 16.9 Å². The molecule has 154 valence electrons. The highest BCUT2D eigenvalue weighted by molar-refractivity contribution is 7.98. The number of carbonyl (C=O) groups is 1. The molecule has 5 nitrogen and oxygen atoms in total. The molecule has 7 heteroatoms. The van der Waals surface area contributed by atoms with Gasteiger partial charge in [0, 0.05) is 29.2 Å². The molecule has 3 aromatic rings. The first-order chi connectivity index (χ1) is 14.5. The molecule has 4 rings (SSSR count). The Morgan fingerprint density at radius 3 is 2.27 bits per heavy atom. The third-order valence-corrected chi connectivity index (χ3v) is 7.31. The van der Waals surface area contributed by atoms with Crippen LogP contribution in [0, 0.1) is 0 Å². The summed E-state index contributed by atoms with van der Waals surface area (Å²) < 4.78 is 27.8. The van der Waals surface area contributed by atoms with E-state index in [9.17, 15) is 13.2 Å². The quantitative estimate of drug-likeness (QED) is 0.600. The van der Waals surface area contributed by atoms with Crippen molar-refractivity contribution in [2.45, 2.75) is 22.8 Å². The van der Waals surface area contributed by atoms with Crippen LogP contribution in [-0.4, -0.2) is 32.0 Å². The Hall–Kier alpha value is -2.77. The van der Waals surface area contributed by atoms with Crippen molar-refractivity contribution in [1.29, 1.82) is 0 Å². The fourth-order valence-electron chi connectivity index (χ4n) is 3.50. The first kappa shape index (κ1) is 20.5. The van der Waals surface area contributed by atoms with Crippen LogP contribution in [0.4, 0.5) is 5.69 Å². The van der Waals surface area contributed by atoms with E-state index in [1.54, 1.807) is 60.3 Å². The van der Waals surface area contributed by atoms with E-state index in [-0.39, 0.29) is 10.8 Å². The maximum atomic E-state index is 12.9. The summed E-state index contributed by atoms with van der Waals surface area (Å²) in [6.07, 6.45) is 2.78. The van der Waals surface area contributed by atoms with Crippen molar-refractivity contribution in [2.24, 2.45) is 0 Å². The molecule has 0 bridgehead atoms. The van der Waals surface area contributed by atoms with Gasteiger partial charge in [-0.3, -0.25) is 9.52 Å². The fraction of sp³-hybridized carbons (Fsp3) is 0.174. The minimum absolute atomic E-state index is 0.0495. The van der Waals surface area contributed by atoms with E-state index >= 15 is 0 Å². The van der Waals surface area contributed by atoms with Gasteiger partial charge in [0.05, 0.1) is 4.90 Å². The number of hydrogen-bond donors (Lipinski definition) is 1. The number of rotatable bonds is 5. The van der Waals surface area contributed by atoms with Gasteiger partial charge < -0.3 is 4.90 Å². The number of nitrogens with zero attached hydrogens (tertiary/aromatic N) is 1. The fourth-order valence-corrected chi connectivity index (χ4v) is 4.97. The third-order valence-electron chi connectivity index (χ3n) is 5.17. The lowest BCUT2D eigenvalue weighted by Crippen LogP contribution is -2.35. The van der Waals surface area contributed by atoms with Gasteiger partial charge in [0.2, 0.25) is 0 Å². The molecule has 0 saturated heterocycles. The van der Waals surface area contributed by atoms with Gasteiger partial charge in [0.25, 0.3) is 15.9 Å². The number of anilines is 1. The zero-order valence-corrected chi connectivity index (χ0v) is 18.2. The molecule has 0 atom stereocenters. The normalized spacial score (nSPS) is 13.6. The average molecular weight is 439 g/mol. The van der Waals surface area contributed by atoms with Crippen LogP contribution >= 0.6 is 11.8 Å². The molecule has 0 radical (unpaired) electrons. The SMILES string of the molecule is CSc1ccc(S(=O)(=O)Nc2ccc(C(=O)N3CCc4ccccc4C3)cc2)cc1. The predicted molar refractivity (Wildman–Crippen MR) is 120 cm³/mol. The van der Waals surface area contributed by atoms with E-state index in [4.69, 9.17) is 0 Å². The molecule has 0 aliphatic carbocycles. The zero-order valence-electron chi connectivity index (χ0n) is 16.5. The molecule has 1 aliphatic rings. The highest BCUT2D eigenvalue weighted by Gasteiger charge is 2.21. The number of carbonyl (C=O) groups excluding carboxylic acids is 1. The lowest BCUT2D eigenvalue weighted by molar-refractivity contribution is 0.0734. The van der Waals surface area contributed by atoms with Crippen LogP contribution in [0.2, 0.25) is 0 Å². The molecular formula is C23H22N2O3S2. The van der Waals surface area contributed by atoms with Gasteiger partial charge in [0.15, 0.2) is 0 Å². The van der Waals surface area contributed by atoms with Crippen molar-refractivity contribution in [3.05, 3.63) is 89.5 Å². The highest BCUT2D eigenvalue weighted by atomic mass is 32.2. The van der Waals surface area contributed by atoms with Gasteiger partial charge in [0.1, 0.15) is 0 Å². The summed E-state index contributed by atoms with van der Waals surface area (Å²) in [5.74, 6) is -0.0495. The molecule has 3 aromatic carbocycles. The number of thioether (sulfide) groups is 1. The maximum Gasteiger partial charge on any atom is 0.261 e. The second-order valence-electron chi connectivity index (χ2n) is 7.10. The molecule has 0 spiro atoms. The monoisotopic (exact) mass is 438 g/mol.